The molecule has 2 unspecified atom stereocenters. The Balaban J connectivity index is 2.11. The van der Waals surface area contributed by atoms with Gasteiger partial charge in [0.05, 0.1) is 5.69 Å². The summed E-state index contributed by atoms with van der Waals surface area (Å²) in [5, 5.41) is 3.51. The Labute approximate surface area is 123 Å². The summed E-state index contributed by atoms with van der Waals surface area (Å²) in [5.41, 5.74) is 2.35. The lowest BCUT2D eigenvalue weighted by Crippen LogP contribution is -2.35. The maximum absolute atomic E-state index is 4.82. The van der Waals surface area contributed by atoms with Gasteiger partial charge in [0.25, 0.3) is 0 Å². The molecule has 2 atom stereocenters. The van der Waals surface area contributed by atoms with E-state index in [1.807, 2.05) is 0 Å². The molecule has 1 aromatic heterocycles. The standard InChI is InChI=1S/C17H29N3/c1-12-7-6-8-14(9-12)16-19-13(2)10-15(20-16)11-18-17(3,4)5/h10,12,14,18H,6-9,11H2,1-5H3. The van der Waals surface area contributed by atoms with Crippen LogP contribution in [0, 0.1) is 12.8 Å². The van der Waals surface area contributed by atoms with Gasteiger partial charge in [-0.2, -0.15) is 0 Å². The van der Waals surface area contributed by atoms with Gasteiger partial charge >= 0.3 is 0 Å². The van der Waals surface area contributed by atoms with Gasteiger partial charge < -0.3 is 5.32 Å². The molecule has 0 saturated heterocycles. The quantitative estimate of drug-likeness (QED) is 0.907. The van der Waals surface area contributed by atoms with E-state index in [1.54, 1.807) is 0 Å². The minimum atomic E-state index is 0.123. The molecule has 20 heavy (non-hydrogen) atoms. The number of rotatable bonds is 3. The smallest absolute Gasteiger partial charge is 0.131 e. The van der Waals surface area contributed by atoms with Gasteiger partial charge in [-0.1, -0.05) is 19.8 Å². The molecule has 3 nitrogen and oxygen atoms in total. The number of aryl methyl sites for hydroxylation is 1. The van der Waals surface area contributed by atoms with Crippen molar-refractivity contribution < 1.29 is 0 Å². The van der Waals surface area contributed by atoms with Gasteiger partial charge in [-0.25, -0.2) is 9.97 Å². The average molecular weight is 275 g/mol. The summed E-state index contributed by atoms with van der Waals surface area (Å²) >= 11 is 0. The summed E-state index contributed by atoms with van der Waals surface area (Å²) in [6, 6.07) is 2.11. The first-order chi connectivity index (χ1) is 9.33. The number of hydrogen-bond acceptors (Lipinski definition) is 3. The largest absolute Gasteiger partial charge is 0.306 e. The van der Waals surface area contributed by atoms with Crippen LogP contribution in [0.3, 0.4) is 0 Å². The predicted octanol–water partition coefficient (Wildman–Crippen LogP) is 3.97. The van der Waals surface area contributed by atoms with Gasteiger partial charge in [0.2, 0.25) is 0 Å². The highest BCUT2D eigenvalue weighted by Crippen LogP contribution is 2.34. The van der Waals surface area contributed by atoms with Crippen LogP contribution < -0.4 is 5.32 Å². The zero-order valence-electron chi connectivity index (χ0n) is 13.7. The molecule has 1 heterocycles. The number of nitrogens with zero attached hydrogens (tertiary/aromatic N) is 2. The zero-order chi connectivity index (χ0) is 14.8. The van der Waals surface area contributed by atoms with Crippen molar-refractivity contribution in [2.45, 2.75) is 78.3 Å². The van der Waals surface area contributed by atoms with Crippen molar-refractivity contribution in [3.63, 3.8) is 0 Å². The van der Waals surface area contributed by atoms with Crippen molar-refractivity contribution in [2.24, 2.45) is 5.92 Å². The second-order valence-corrected chi connectivity index (χ2v) is 7.43. The van der Waals surface area contributed by atoms with Crippen LogP contribution in [-0.4, -0.2) is 15.5 Å². The molecule has 1 saturated carbocycles. The Kier molecular flexibility index (Phi) is 4.79. The number of hydrogen-bond donors (Lipinski definition) is 1. The third kappa shape index (κ3) is 4.55. The van der Waals surface area contributed by atoms with E-state index < -0.39 is 0 Å². The van der Waals surface area contributed by atoms with Crippen molar-refractivity contribution in [3.05, 3.63) is 23.3 Å². The van der Waals surface area contributed by atoms with Crippen molar-refractivity contribution in [2.75, 3.05) is 0 Å². The van der Waals surface area contributed by atoms with Crippen LogP contribution in [-0.2, 0) is 6.54 Å². The molecule has 1 aliphatic carbocycles. The molecule has 1 aromatic rings. The van der Waals surface area contributed by atoms with Crippen LogP contribution in [0.2, 0.25) is 0 Å². The molecule has 1 aliphatic rings. The zero-order valence-corrected chi connectivity index (χ0v) is 13.7. The van der Waals surface area contributed by atoms with Gasteiger partial charge in [0.1, 0.15) is 5.82 Å². The first-order valence-electron chi connectivity index (χ1n) is 7.93. The summed E-state index contributed by atoms with van der Waals surface area (Å²) in [6.07, 6.45) is 5.18. The Morgan fingerprint density at radius 2 is 2.00 bits per heavy atom. The van der Waals surface area contributed by atoms with Crippen LogP contribution in [0.4, 0.5) is 0 Å². The summed E-state index contributed by atoms with van der Waals surface area (Å²) in [4.78, 5) is 9.52. The van der Waals surface area contributed by atoms with E-state index in [-0.39, 0.29) is 5.54 Å². The Hall–Kier alpha value is -0.960. The van der Waals surface area contributed by atoms with Crippen molar-refractivity contribution in [1.29, 1.82) is 0 Å². The van der Waals surface area contributed by atoms with E-state index in [0.29, 0.717) is 5.92 Å². The monoisotopic (exact) mass is 275 g/mol. The highest BCUT2D eigenvalue weighted by Gasteiger charge is 2.23. The third-order valence-electron chi connectivity index (χ3n) is 4.03. The minimum absolute atomic E-state index is 0.123. The molecule has 112 valence electrons. The fourth-order valence-electron chi connectivity index (χ4n) is 2.96. The maximum atomic E-state index is 4.82. The molecule has 0 radical (unpaired) electrons. The highest BCUT2D eigenvalue weighted by molar-refractivity contribution is 5.13. The second kappa shape index (κ2) is 6.21. The number of aromatic nitrogens is 2. The fourth-order valence-corrected chi connectivity index (χ4v) is 2.96. The molecular weight excluding hydrogens is 246 g/mol. The lowest BCUT2D eigenvalue weighted by atomic mass is 9.82. The van der Waals surface area contributed by atoms with E-state index in [1.165, 1.54) is 25.7 Å². The van der Waals surface area contributed by atoms with Crippen molar-refractivity contribution >= 4 is 0 Å². The predicted molar refractivity (Wildman–Crippen MR) is 83.7 cm³/mol. The molecule has 2 rings (SSSR count). The lowest BCUT2D eigenvalue weighted by molar-refractivity contribution is 0.334. The molecule has 0 bridgehead atoms. The SMILES string of the molecule is Cc1cc(CNC(C)(C)C)nc(C2CCCC(C)C2)n1. The first kappa shape index (κ1) is 15.4. The van der Waals surface area contributed by atoms with E-state index >= 15 is 0 Å². The molecule has 0 aliphatic heterocycles. The Morgan fingerprint density at radius 1 is 1.25 bits per heavy atom. The minimum Gasteiger partial charge on any atom is -0.306 e. The van der Waals surface area contributed by atoms with E-state index in [4.69, 9.17) is 9.97 Å². The topological polar surface area (TPSA) is 37.8 Å². The van der Waals surface area contributed by atoms with Crippen molar-refractivity contribution in [3.8, 4) is 0 Å². The van der Waals surface area contributed by atoms with E-state index in [2.05, 4.69) is 46.0 Å². The molecular formula is C17H29N3. The first-order valence-corrected chi connectivity index (χ1v) is 7.93. The second-order valence-electron chi connectivity index (χ2n) is 7.43. The molecule has 1 fully saturated rings. The maximum Gasteiger partial charge on any atom is 0.131 e. The fraction of sp³-hybridized carbons (Fsp3) is 0.765. The van der Waals surface area contributed by atoms with Gasteiger partial charge in [0, 0.05) is 23.7 Å². The van der Waals surface area contributed by atoms with Gasteiger partial charge in [-0.15, -0.1) is 0 Å². The average Bonchev–Trinajstić information content (AvgIpc) is 2.35. The Morgan fingerprint density at radius 3 is 2.65 bits per heavy atom. The summed E-state index contributed by atoms with van der Waals surface area (Å²) in [5.74, 6) is 2.45. The summed E-state index contributed by atoms with van der Waals surface area (Å²) in [6.45, 7) is 11.8. The van der Waals surface area contributed by atoms with Crippen LogP contribution in [0.15, 0.2) is 6.07 Å². The van der Waals surface area contributed by atoms with Crippen LogP contribution >= 0.6 is 0 Å². The molecule has 3 heteroatoms. The third-order valence-corrected chi connectivity index (χ3v) is 4.03. The molecule has 0 spiro atoms. The summed E-state index contributed by atoms with van der Waals surface area (Å²) < 4.78 is 0. The highest BCUT2D eigenvalue weighted by atomic mass is 15.0. The number of nitrogens with one attached hydrogen (secondary N) is 1. The van der Waals surface area contributed by atoms with Gasteiger partial charge in [-0.3, -0.25) is 0 Å². The van der Waals surface area contributed by atoms with Crippen LogP contribution in [0.1, 0.15) is 76.5 Å². The van der Waals surface area contributed by atoms with Gasteiger partial charge in [0.15, 0.2) is 0 Å². The van der Waals surface area contributed by atoms with Crippen molar-refractivity contribution in [1.82, 2.24) is 15.3 Å². The van der Waals surface area contributed by atoms with E-state index in [0.717, 1.165) is 29.7 Å². The van der Waals surface area contributed by atoms with E-state index in [9.17, 15) is 0 Å². The molecule has 0 aromatic carbocycles. The molecule has 1 N–H and O–H groups in total. The Bertz CT molecular complexity index is 448. The molecule has 0 amide bonds. The lowest BCUT2D eigenvalue weighted by Gasteiger charge is -2.26. The van der Waals surface area contributed by atoms with Crippen LogP contribution in [0.25, 0.3) is 0 Å². The van der Waals surface area contributed by atoms with Crippen LogP contribution in [0.5, 0.6) is 0 Å². The van der Waals surface area contributed by atoms with Gasteiger partial charge in [-0.05, 0) is 52.5 Å². The summed E-state index contributed by atoms with van der Waals surface area (Å²) in [7, 11) is 0. The normalized spacial score (nSPS) is 23.9.